The highest BCUT2D eigenvalue weighted by Crippen LogP contribution is 2.24. The van der Waals surface area contributed by atoms with E-state index in [-0.39, 0.29) is 6.04 Å². The van der Waals surface area contributed by atoms with E-state index in [1.165, 1.54) is 0 Å². The van der Waals surface area contributed by atoms with Crippen LogP contribution in [0.2, 0.25) is 5.02 Å². The third-order valence-corrected chi connectivity index (χ3v) is 3.01. The SMILES string of the molecule is CCCOc1cncc(C(N)c2cccc(Cl)c2)c1. The molecule has 0 saturated heterocycles. The highest BCUT2D eigenvalue weighted by Gasteiger charge is 2.10. The number of pyridine rings is 1. The van der Waals surface area contributed by atoms with Gasteiger partial charge < -0.3 is 10.5 Å². The molecule has 100 valence electrons. The van der Waals surface area contributed by atoms with Crippen LogP contribution in [0.1, 0.15) is 30.5 Å². The van der Waals surface area contributed by atoms with Crippen LogP contribution in [0.15, 0.2) is 42.7 Å². The maximum atomic E-state index is 6.23. The van der Waals surface area contributed by atoms with E-state index in [2.05, 4.69) is 11.9 Å². The topological polar surface area (TPSA) is 48.1 Å². The second kappa shape index (κ2) is 6.55. The van der Waals surface area contributed by atoms with Gasteiger partial charge in [0.25, 0.3) is 0 Å². The molecule has 0 spiro atoms. The molecule has 4 heteroatoms. The van der Waals surface area contributed by atoms with Crippen LogP contribution in [0, 0.1) is 0 Å². The standard InChI is InChI=1S/C15H17ClN2O/c1-2-6-19-14-8-12(9-18-10-14)15(17)11-4-3-5-13(16)7-11/h3-5,7-10,15H,2,6,17H2,1H3. The molecule has 0 amide bonds. The number of nitrogens with zero attached hydrogens (tertiary/aromatic N) is 1. The van der Waals surface area contributed by atoms with Gasteiger partial charge in [0, 0.05) is 11.2 Å². The van der Waals surface area contributed by atoms with Gasteiger partial charge in [-0.1, -0.05) is 30.7 Å². The third kappa shape index (κ3) is 3.69. The summed E-state index contributed by atoms with van der Waals surface area (Å²) in [6.45, 7) is 2.74. The van der Waals surface area contributed by atoms with Crippen molar-refractivity contribution < 1.29 is 4.74 Å². The summed E-state index contributed by atoms with van der Waals surface area (Å²) in [5.41, 5.74) is 8.10. The van der Waals surface area contributed by atoms with Gasteiger partial charge in [-0.3, -0.25) is 4.98 Å². The van der Waals surface area contributed by atoms with E-state index in [1.807, 2.05) is 30.3 Å². The molecule has 2 rings (SSSR count). The zero-order valence-electron chi connectivity index (χ0n) is 10.8. The highest BCUT2D eigenvalue weighted by molar-refractivity contribution is 6.30. The molecule has 0 aliphatic heterocycles. The van der Waals surface area contributed by atoms with Crippen LogP contribution in [-0.4, -0.2) is 11.6 Å². The Morgan fingerprint density at radius 2 is 2.11 bits per heavy atom. The largest absolute Gasteiger partial charge is 0.492 e. The minimum Gasteiger partial charge on any atom is -0.492 e. The van der Waals surface area contributed by atoms with Gasteiger partial charge in [0.05, 0.1) is 18.8 Å². The van der Waals surface area contributed by atoms with E-state index in [1.54, 1.807) is 12.4 Å². The number of ether oxygens (including phenoxy) is 1. The molecule has 19 heavy (non-hydrogen) atoms. The summed E-state index contributed by atoms with van der Waals surface area (Å²) in [5.74, 6) is 0.747. The third-order valence-electron chi connectivity index (χ3n) is 2.77. The van der Waals surface area contributed by atoms with Gasteiger partial charge in [-0.25, -0.2) is 0 Å². The maximum Gasteiger partial charge on any atom is 0.137 e. The summed E-state index contributed by atoms with van der Waals surface area (Å²) in [4.78, 5) is 4.17. The Kier molecular flexibility index (Phi) is 4.77. The molecule has 0 saturated carbocycles. The molecule has 1 atom stereocenters. The predicted octanol–water partition coefficient (Wildman–Crippen LogP) is 3.57. The molecule has 0 aliphatic carbocycles. The Labute approximate surface area is 118 Å². The van der Waals surface area contributed by atoms with E-state index in [9.17, 15) is 0 Å². The summed E-state index contributed by atoms with van der Waals surface area (Å²) in [6, 6.07) is 9.21. The summed E-state index contributed by atoms with van der Waals surface area (Å²) >= 11 is 5.98. The average Bonchev–Trinajstić information content (AvgIpc) is 2.44. The van der Waals surface area contributed by atoms with Crippen LogP contribution in [0.4, 0.5) is 0 Å². The molecule has 1 aromatic carbocycles. The first-order valence-corrected chi connectivity index (χ1v) is 6.67. The lowest BCUT2D eigenvalue weighted by molar-refractivity contribution is 0.315. The minimum atomic E-state index is -0.253. The van der Waals surface area contributed by atoms with Crippen LogP contribution in [0.3, 0.4) is 0 Å². The fourth-order valence-corrected chi connectivity index (χ4v) is 2.00. The number of aromatic nitrogens is 1. The molecule has 2 aromatic rings. The first kappa shape index (κ1) is 13.8. The van der Waals surface area contributed by atoms with Gasteiger partial charge in [0.1, 0.15) is 5.75 Å². The molecule has 0 fully saturated rings. The van der Waals surface area contributed by atoms with Crippen molar-refractivity contribution in [3.63, 3.8) is 0 Å². The maximum absolute atomic E-state index is 6.23. The fraction of sp³-hybridized carbons (Fsp3) is 0.267. The van der Waals surface area contributed by atoms with E-state index in [0.717, 1.165) is 23.3 Å². The Bertz CT molecular complexity index is 545. The second-order valence-corrected chi connectivity index (χ2v) is 4.77. The zero-order chi connectivity index (χ0) is 13.7. The summed E-state index contributed by atoms with van der Waals surface area (Å²) in [6.07, 6.45) is 4.42. The lowest BCUT2D eigenvalue weighted by atomic mass is 10.0. The normalized spacial score (nSPS) is 12.2. The Morgan fingerprint density at radius 3 is 2.84 bits per heavy atom. The van der Waals surface area contributed by atoms with Gasteiger partial charge in [-0.05, 0) is 35.7 Å². The van der Waals surface area contributed by atoms with E-state index in [0.29, 0.717) is 11.6 Å². The van der Waals surface area contributed by atoms with Crippen LogP contribution in [0.5, 0.6) is 5.75 Å². The molecule has 3 nitrogen and oxygen atoms in total. The molecule has 1 unspecified atom stereocenters. The molecule has 2 N–H and O–H groups in total. The van der Waals surface area contributed by atoms with Crippen molar-refractivity contribution in [3.05, 3.63) is 58.9 Å². The van der Waals surface area contributed by atoms with E-state index >= 15 is 0 Å². The molecular formula is C15H17ClN2O. The quantitative estimate of drug-likeness (QED) is 0.908. The second-order valence-electron chi connectivity index (χ2n) is 4.34. The van der Waals surface area contributed by atoms with Crippen molar-refractivity contribution in [1.82, 2.24) is 4.98 Å². The van der Waals surface area contributed by atoms with Crippen LogP contribution in [-0.2, 0) is 0 Å². The first-order chi connectivity index (χ1) is 9.20. The van der Waals surface area contributed by atoms with Gasteiger partial charge in [-0.2, -0.15) is 0 Å². The van der Waals surface area contributed by atoms with Gasteiger partial charge in [-0.15, -0.1) is 0 Å². The van der Waals surface area contributed by atoms with Crippen LogP contribution < -0.4 is 10.5 Å². The van der Waals surface area contributed by atoms with Crippen molar-refractivity contribution in [2.24, 2.45) is 5.73 Å². The van der Waals surface area contributed by atoms with Crippen molar-refractivity contribution in [1.29, 1.82) is 0 Å². The van der Waals surface area contributed by atoms with Crippen molar-refractivity contribution >= 4 is 11.6 Å². The smallest absolute Gasteiger partial charge is 0.137 e. The summed E-state index contributed by atoms with van der Waals surface area (Å²) in [7, 11) is 0. The lowest BCUT2D eigenvalue weighted by Gasteiger charge is -2.13. The van der Waals surface area contributed by atoms with Crippen molar-refractivity contribution in [2.75, 3.05) is 6.61 Å². The zero-order valence-corrected chi connectivity index (χ0v) is 11.6. The number of nitrogens with two attached hydrogens (primary N) is 1. The molecule has 1 heterocycles. The van der Waals surface area contributed by atoms with Crippen molar-refractivity contribution in [2.45, 2.75) is 19.4 Å². The molecule has 0 aliphatic rings. The molecular weight excluding hydrogens is 260 g/mol. The Balaban J connectivity index is 2.21. The first-order valence-electron chi connectivity index (χ1n) is 6.29. The van der Waals surface area contributed by atoms with Crippen molar-refractivity contribution in [3.8, 4) is 5.75 Å². The summed E-state index contributed by atoms with van der Waals surface area (Å²) < 4.78 is 5.56. The molecule has 0 radical (unpaired) electrons. The van der Waals surface area contributed by atoms with Crippen LogP contribution >= 0.6 is 11.6 Å². The minimum absolute atomic E-state index is 0.253. The number of halogens is 1. The van der Waals surface area contributed by atoms with Crippen LogP contribution in [0.25, 0.3) is 0 Å². The number of hydrogen-bond acceptors (Lipinski definition) is 3. The number of rotatable bonds is 5. The monoisotopic (exact) mass is 276 g/mol. The number of hydrogen-bond donors (Lipinski definition) is 1. The number of benzene rings is 1. The molecule has 1 aromatic heterocycles. The Hall–Kier alpha value is -1.58. The predicted molar refractivity (Wildman–Crippen MR) is 77.5 cm³/mol. The van der Waals surface area contributed by atoms with Gasteiger partial charge in [0.15, 0.2) is 0 Å². The van der Waals surface area contributed by atoms with Gasteiger partial charge in [0.2, 0.25) is 0 Å². The molecule has 0 bridgehead atoms. The van der Waals surface area contributed by atoms with E-state index < -0.39 is 0 Å². The van der Waals surface area contributed by atoms with Gasteiger partial charge >= 0.3 is 0 Å². The fourth-order valence-electron chi connectivity index (χ4n) is 1.80. The highest BCUT2D eigenvalue weighted by atomic mass is 35.5. The summed E-state index contributed by atoms with van der Waals surface area (Å²) in [5, 5.41) is 0.680. The lowest BCUT2D eigenvalue weighted by Crippen LogP contribution is -2.12. The van der Waals surface area contributed by atoms with E-state index in [4.69, 9.17) is 22.1 Å². The Morgan fingerprint density at radius 1 is 1.26 bits per heavy atom. The average molecular weight is 277 g/mol.